The highest BCUT2D eigenvalue weighted by Gasteiger charge is 2.10. The number of amides is 1. The summed E-state index contributed by atoms with van der Waals surface area (Å²) in [4.78, 5) is 11.7. The summed E-state index contributed by atoms with van der Waals surface area (Å²) in [6.45, 7) is 5.06. The number of unbranched alkanes of at least 4 members (excludes halogenated alkanes) is 3. The van der Waals surface area contributed by atoms with Gasteiger partial charge in [-0.1, -0.05) is 24.6 Å². The van der Waals surface area contributed by atoms with Gasteiger partial charge in [0.1, 0.15) is 6.33 Å². The predicted molar refractivity (Wildman–Crippen MR) is 79.7 cm³/mol. The Hall–Kier alpha value is -1.08. The molecule has 0 saturated carbocycles. The van der Waals surface area contributed by atoms with Crippen LogP contribution in [0.3, 0.4) is 0 Å². The SMILES string of the molecule is CC(C)n1cnnc1SCC(=O)NCCCCCCO. The molecule has 0 aromatic carbocycles. The summed E-state index contributed by atoms with van der Waals surface area (Å²) in [6.07, 6.45) is 5.54. The summed E-state index contributed by atoms with van der Waals surface area (Å²) in [5.41, 5.74) is 0. The van der Waals surface area contributed by atoms with Gasteiger partial charge in [0, 0.05) is 19.2 Å². The maximum absolute atomic E-state index is 11.7. The zero-order chi connectivity index (χ0) is 14.8. The van der Waals surface area contributed by atoms with E-state index in [1.807, 2.05) is 4.57 Å². The Labute approximate surface area is 124 Å². The van der Waals surface area contributed by atoms with Crippen LogP contribution >= 0.6 is 11.8 Å². The minimum atomic E-state index is 0.0236. The van der Waals surface area contributed by atoms with Crippen molar-refractivity contribution >= 4 is 17.7 Å². The van der Waals surface area contributed by atoms with Crippen molar-refractivity contribution < 1.29 is 9.90 Å². The minimum Gasteiger partial charge on any atom is -0.396 e. The first kappa shape index (κ1) is 17.0. The van der Waals surface area contributed by atoms with Crippen LogP contribution < -0.4 is 5.32 Å². The van der Waals surface area contributed by atoms with E-state index in [2.05, 4.69) is 29.4 Å². The van der Waals surface area contributed by atoms with Gasteiger partial charge in [0.15, 0.2) is 5.16 Å². The van der Waals surface area contributed by atoms with Gasteiger partial charge in [0.2, 0.25) is 5.91 Å². The van der Waals surface area contributed by atoms with Crippen LogP contribution in [0.15, 0.2) is 11.5 Å². The maximum Gasteiger partial charge on any atom is 0.230 e. The Bertz CT molecular complexity index is 395. The van der Waals surface area contributed by atoms with E-state index in [9.17, 15) is 4.79 Å². The van der Waals surface area contributed by atoms with Crippen LogP contribution in [0, 0.1) is 0 Å². The number of nitrogens with one attached hydrogen (secondary N) is 1. The van der Waals surface area contributed by atoms with Crippen LogP contribution in [0.25, 0.3) is 0 Å². The van der Waals surface area contributed by atoms with Crippen molar-refractivity contribution in [2.75, 3.05) is 18.9 Å². The first-order valence-corrected chi connectivity index (χ1v) is 8.03. The van der Waals surface area contributed by atoms with E-state index in [1.165, 1.54) is 11.8 Å². The number of hydrogen-bond donors (Lipinski definition) is 2. The van der Waals surface area contributed by atoms with E-state index in [-0.39, 0.29) is 12.5 Å². The molecule has 6 nitrogen and oxygen atoms in total. The third kappa shape index (κ3) is 6.38. The molecule has 114 valence electrons. The highest BCUT2D eigenvalue weighted by Crippen LogP contribution is 2.18. The first-order chi connectivity index (χ1) is 9.65. The summed E-state index contributed by atoms with van der Waals surface area (Å²) in [7, 11) is 0. The van der Waals surface area contributed by atoms with Gasteiger partial charge in [0.25, 0.3) is 0 Å². The fraction of sp³-hybridized carbons (Fsp3) is 0.769. The smallest absolute Gasteiger partial charge is 0.230 e. The Balaban J connectivity index is 2.15. The van der Waals surface area contributed by atoms with Crippen molar-refractivity contribution in [1.82, 2.24) is 20.1 Å². The lowest BCUT2D eigenvalue weighted by atomic mass is 10.2. The van der Waals surface area contributed by atoms with Gasteiger partial charge in [-0.3, -0.25) is 4.79 Å². The zero-order valence-corrected chi connectivity index (χ0v) is 13.0. The van der Waals surface area contributed by atoms with Crippen LogP contribution in [-0.4, -0.2) is 44.7 Å². The molecule has 0 spiro atoms. The van der Waals surface area contributed by atoms with E-state index in [0.29, 0.717) is 18.3 Å². The third-order valence-corrected chi connectivity index (χ3v) is 3.79. The average molecular weight is 300 g/mol. The van der Waals surface area contributed by atoms with Crippen LogP contribution in [0.5, 0.6) is 0 Å². The van der Waals surface area contributed by atoms with Crippen LogP contribution in [0.4, 0.5) is 0 Å². The molecule has 1 aromatic heterocycles. The number of aromatic nitrogens is 3. The standard InChI is InChI=1S/C13H24N4O2S/c1-11(2)17-10-15-16-13(17)20-9-12(19)14-7-5-3-4-6-8-18/h10-11,18H,3-9H2,1-2H3,(H,14,19). The lowest BCUT2D eigenvalue weighted by Crippen LogP contribution is -2.26. The fourth-order valence-electron chi connectivity index (χ4n) is 1.69. The summed E-state index contributed by atoms with van der Waals surface area (Å²) in [6, 6.07) is 0.294. The summed E-state index contributed by atoms with van der Waals surface area (Å²) < 4.78 is 1.95. The van der Waals surface area contributed by atoms with E-state index in [1.54, 1.807) is 6.33 Å². The van der Waals surface area contributed by atoms with Crippen molar-refractivity contribution in [1.29, 1.82) is 0 Å². The summed E-state index contributed by atoms with van der Waals surface area (Å²) in [5.74, 6) is 0.387. The van der Waals surface area contributed by atoms with Crippen LogP contribution in [-0.2, 0) is 4.79 Å². The molecule has 1 rings (SSSR count). The molecule has 0 unspecified atom stereocenters. The molecule has 0 aliphatic rings. The monoisotopic (exact) mass is 300 g/mol. The molecule has 0 saturated heterocycles. The Morgan fingerprint density at radius 3 is 2.85 bits per heavy atom. The third-order valence-electron chi connectivity index (χ3n) is 2.84. The average Bonchev–Trinajstić information content (AvgIpc) is 2.89. The second-order valence-corrected chi connectivity index (χ2v) is 5.83. The molecule has 1 heterocycles. The number of aliphatic hydroxyl groups excluding tert-OH is 1. The number of rotatable bonds is 10. The molecule has 0 fully saturated rings. The van der Waals surface area contributed by atoms with E-state index < -0.39 is 0 Å². The summed E-state index contributed by atoms with van der Waals surface area (Å²) >= 11 is 1.41. The molecule has 0 aliphatic carbocycles. The zero-order valence-electron chi connectivity index (χ0n) is 12.2. The molecule has 1 aromatic rings. The van der Waals surface area contributed by atoms with E-state index in [4.69, 9.17) is 5.11 Å². The number of carbonyl (C=O) groups excluding carboxylic acids is 1. The Kier molecular flexibility index (Phi) is 8.29. The Morgan fingerprint density at radius 1 is 1.40 bits per heavy atom. The number of carbonyl (C=O) groups is 1. The molecule has 0 radical (unpaired) electrons. The van der Waals surface area contributed by atoms with Gasteiger partial charge in [0.05, 0.1) is 5.75 Å². The molecule has 0 aliphatic heterocycles. The van der Waals surface area contributed by atoms with Crippen molar-refractivity contribution in [2.24, 2.45) is 0 Å². The van der Waals surface area contributed by atoms with Crippen LogP contribution in [0.1, 0.15) is 45.6 Å². The van der Waals surface area contributed by atoms with Gasteiger partial charge in [-0.05, 0) is 26.7 Å². The molecule has 0 bridgehead atoms. The molecule has 0 atom stereocenters. The van der Waals surface area contributed by atoms with Gasteiger partial charge in [-0.25, -0.2) is 0 Å². The van der Waals surface area contributed by atoms with Gasteiger partial charge >= 0.3 is 0 Å². The molecular formula is C13H24N4O2S. The van der Waals surface area contributed by atoms with Crippen LogP contribution in [0.2, 0.25) is 0 Å². The van der Waals surface area contributed by atoms with Gasteiger partial charge in [-0.2, -0.15) is 0 Å². The topological polar surface area (TPSA) is 80.0 Å². The first-order valence-electron chi connectivity index (χ1n) is 7.05. The van der Waals surface area contributed by atoms with Crippen molar-refractivity contribution in [3.05, 3.63) is 6.33 Å². The fourth-order valence-corrected chi connectivity index (χ4v) is 2.56. The quantitative estimate of drug-likeness (QED) is 0.507. The molecular weight excluding hydrogens is 276 g/mol. The molecule has 7 heteroatoms. The largest absolute Gasteiger partial charge is 0.396 e. The normalized spacial score (nSPS) is 11.0. The summed E-state index contributed by atoms with van der Waals surface area (Å²) in [5, 5.41) is 20.2. The minimum absolute atomic E-state index is 0.0236. The lowest BCUT2D eigenvalue weighted by Gasteiger charge is -2.09. The second kappa shape index (κ2) is 9.77. The van der Waals surface area contributed by atoms with Crippen molar-refractivity contribution in [3.8, 4) is 0 Å². The van der Waals surface area contributed by atoms with Gasteiger partial charge < -0.3 is 15.0 Å². The lowest BCUT2D eigenvalue weighted by molar-refractivity contribution is -0.118. The highest BCUT2D eigenvalue weighted by atomic mass is 32.2. The Morgan fingerprint density at radius 2 is 2.15 bits per heavy atom. The van der Waals surface area contributed by atoms with Gasteiger partial charge in [-0.15, -0.1) is 10.2 Å². The number of nitrogens with zero attached hydrogens (tertiary/aromatic N) is 3. The molecule has 1 amide bonds. The number of thioether (sulfide) groups is 1. The number of hydrogen-bond acceptors (Lipinski definition) is 5. The van der Waals surface area contributed by atoms with E-state index >= 15 is 0 Å². The maximum atomic E-state index is 11.7. The highest BCUT2D eigenvalue weighted by molar-refractivity contribution is 7.99. The van der Waals surface area contributed by atoms with Crippen molar-refractivity contribution in [3.63, 3.8) is 0 Å². The second-order valence-electron chi connectivity index (χ2n) is 4.89. The predicted octanol–water partition coefficient (Wildman–Crippen LogP) is 1.62. The molecule has 2 N–H and O–H groups in total. The van der Waals surface area contributed by atoms with E-state index in [0.717, 1.165) is 30.8 Å². The number of aliphatic hydroxyl groups is 1. The molecule has 20 heavy (non-hydrogen) atoms. The van der Waals surface area contributed by atoms with Crippen molar-refractivity contribution in [2.45, 2.75) is 50.7 Å².